The van der Waals surface area contributed by atoms with Crippen LogP contribution in [0.4, 0.5) is 0 Å². The fraction of sp³-hybridized carbons (Fsp3) is 0.333. The number of hydrogen-bond donors (Lipinski definition) is 0. The van der Waals surface area contributed by atoms with Gasteiger partial charge in [-0.15, -0.1) is 0 Å². The molecule has 6 aromatic carbocycles. The molecule has 2 aliphatic carbocycles. The lowest BCUT2D eigenvalue weighted by atomic mass is 9.71. The molecule has 0 N–H and O–H groups in total. The lowest BCUT2D eigenvalue weighted by Crippen LogP contribution is -2.28. The van der Waals surface area contributed by atoms with Gasteiger partial charge in [-0.2, -0.15) is 0 Å². The van der Waals surface area contributed by atoms with E-state index in [4.69, 9.17) is 0 Å². The summed E-state index contributed by atoms with van der Waals surface area (Å²) in [4.78, 5) is 27.8. The molecule has 2 nitrogen and oxygen atoms in total. The molecule has 2 aliphatic rings. The first-order valence-corrected chi connectivity index (χ1v) is 18.1. The predicted molar refractivity (Wildman–Crippen MR) is 214 cm³/mol. The van der Waals surface area contributed by atoms with Crippen molar-refractivity contribution < 1.29 is 9.59 Å². The molecule has 0 unspecified atom stereocenters. The number of rotatable bonds is 0. The van der Waals surface area contributed by atoms with Crippen molar-refractivity contribution in [3.05, 3.63) is 106 Å². The second-order valence-electron chi connectivity index (χ2n) is 19.0. The molecule has 2 heteroatoms. The molecule has 50 heavy (non-hydrogen) atoms. The average molecular weight is 657 g/mol. The highest BCUT2D eigenvalue weighted by molar-refractivity contribution is 6.44. The predicted octanol–water partition coefficient (Wildman–Crippen LogP) is 11.1. The first-order valence-electron chi connectivity index (χ1n) is 18.1. The van der Waals surface area contributed by atoms with E-state index in [0.717, 1.165) is 33.4 Å². The molecule has 0 saturated carbocycles. The number of allylic oxidation sites excluding steroid dienone is 8. The van der Waals surface area contributed by atoms with Crippen LogP contribution in [0.15, 0.2) is 95.1 Å². The van der Waals surface area contributed by atoms with Crippen LogP contribution in [0.3, 0.4) is 0 Å². The van der Waals surface area contributed by atoms with Gasteiger partial charge in [-0.3, -0.25) is 9.59 Å². The molecule has 0 fully saturated rings. The van der Waals surface area contributed by atoms with E-state index in [1.165, 1.54) is 64.3 Å². The molecule has 0 aliphatic heterocycles. The van der Waals surface area contributed by atoms with Crippen molar-refractivity contribution >= 4 is 76.6 Å². The number of carbonyl (C=O) groups excluding carboxylic acids is 2. The maximum Gasteiger partial charge on any atom is 0.186 e. The lowest BCUT2D eigenvalue weighted by molar-refractivity contribution is -0.114. The van der Waals surface area contributed by atoms with Gasteiger partial charge in [0.15, 0.2) is 11.6 Å². The normalized spacial score (nSPS) is 17.3. The summed E-state index contributed by atoms with van der Waals surface area (Å²) in [5.41, 5.74) is 4.53. The van der Waals surface area contributed by atoms with Crippen LogP contribution < -0.4 is 10.4 Å². The van der Waals surface area contributed by atoms with Crippen LogP contribution >= 0.6 is 0 Å². The SMILES string of the molecule is CC(C)(C)C1=CC(=c2cc3ccc4cc(=C5C=C(C(C)(C)C)C(=O)C(C(C)(C)C)=C5)c5ccc6ccc2c2c3c4c5c62)C=C(C(C)(C)C)C1=O. The Balaban J connectivity index is 1.56. The number of carbonyl (C=O) groups is 2. The Labute approximate surface area is 295 Å². The van der Waals surface area contributed by atoms with Gasteiger partial charge in [-0.25, -0.2) is 0 Å². The third-order valence-corrected chi connectivity index (χ3v) is 11.2. The molecule has 8 rings (SSSR count). The average Bonchev–Trinajstić information content (AvgIpc) is 3.37. The molecule has 0 heterocycles. The molecule has 0 atom stereocenters. The highest BCUT2D eigenvalue weighted by Gasteiger charge is 2.36. The maximum absolute atomic E-state index is 13.9. The second kappa shape index (κ2) is 10.0. The van der Waals surface area contributed by atoms with Crippen molar-refractivity contribution in [1.82, 2.24) is 0 Å². The van der Waals surface area contributed by atoms with Gasteiger partial charge in [-0.05, 0) is 134 Å². The Morgan fingerprint density at radius 2 is 0.640 bits per heavy atom. The summed E-state index contributed by atoms with van der Waals surface area (Å²) < 4.78 is 0. The quantitative estimate of drug-likeness (QED) is 0.153. The smallest absolute Gasteiger partial charge is 0.186 e. The molecule has 0 amide bonds. The van der Waals surface area contributed by atoms with E-state index in [2.05, 4.69) is 156 Å². The van der Waals surface area contributed by atoms with Gasteiger partial charge in [0.05, 0.1) is 0 Å². The summed E-state index contributed by atoms with van der Waals surface area (Å²) in [7, 11) is 0. The summed E-state index contributed by atoms with van der Waals surface area (Å²) in [6.07, 6.45) is 8.63. The van der Waals surface area contributed by atoms with E-state index < -0.39 is 0 Å². The molecule has 6 aromatic rings. The molecule has 0 spiro atoms. The van der Waals surface area contributed by atoms with E-state index in [9.17, 15) is 9.59 Å². The minimum Gasteiger partial charge on any atom is -0.289 e. The van der Waals surface area contributed by atoms with Crippen LogP contribution in [-0.2, 0) is 9.59 Å². The summed E-state index contributed by atoms with van der Waals surface area (Å²) >= 11 is 0. The van der Waals surface area contributed by atoms with Crippen molar-refractivity contribution in [3.63, 3.8) is 0 Å². The number of Topliss-reactive ketones (excluding diaryl/α,β-unsaturated/α-hetero) is 2. The van der Waals surface area contributed by atoms with Gasteiger partial charge < -0.3 is 0 Å². The van der Waals surface area contributed by atoms with E-state index in [1.54, 1.807) is 0 Å². The van der Waals surface area contributed by atoms with Crippen LogP contribution in [0.25, 0.3) is 65.0 Å². The standard InChI is InChI=1S/C48H48O2/c1-45(2,3)34-21-28(22-35(43(34)49)46(4,5)6)32-19-26-13-14-27-20-33(29-23-36(47(7,8)9)44(50)37(24-29)48(10,11)12)31-18-16-25-15-17-30(32)41-38(25)42(31)40(27)39(26)41/h13-24H,1-12H3. The van der Waals surface area contributed by atoms with Crippen LogP contribution in [0.5, 0.6) is 0 Å². The maximum atomic E-state index is 13.9. The van der Waals surface area contributed by atoms with E-state index >= 15 is 0 Å². The van der Waals surface area contributed by atoms with Crippen LogP contribution in [0.2, 0.25) is 0 Å². The Morgan fingerprint density at radius 1 is 0.360 bits per heavy atom. The molecule has 252 valence electrons. The Bertz CT molecular complexity index is 2470. The first kappa shape index (κ1) is 32.6. The van der Waals surface area contributed by atoms with Crippen LogP contribution in [-0.4, -0.2) is 11.6 Å². The highest BCUT2D eigenvalue weighted by Crippen LogP contribution is 2.47. The number of benzene rings is 5. The fourth-order valence-electron chi connectivity index (χ4n) is 8.54. The summed E-state index contributed by atoms with van der Waals surface area (Å²) in [5.74, 6) is 0.317. The van der Waals surface area contributed by atoms with Crippen LogP contribution in [0.1, 0.15) is 83.1 Å². The summed E-state index contributed by atoms with van der Waals surface area (Å²) in [6, 6.07) is 18.4. The molecular weight excluding hydrogens is 609 g/mol. The highest BCUT2D eigenvalue weighted by atomic mass is 16.1. The van der Waals surface area contributed by atoms with Gasteiger partial charge >= 0.3 is 0 Å². The zero-order chi connectivity index (χ0) is 36.0. The number of hydrogen-bond acceptors (Lipinski definition) is 2. The van der Waals surface area contributed by atoms with Gasteiger partial charge in [0.1, 0.15) is 0 Å². The fourth-order valence-corrected chi connectivity index (χ4v) is 8.54. The van der Waals surface area contributed by atoms with Crippen molar-refractivity contribution in [2.45, 2.75) is 83.1 Å². The van der Waals surface area contributed by atoms with Crippen molar-refractivity contribution in [2.75, 3.05) is 0 Å². The monoisotopic (exact) mass is 656 g/mol. The van der Waals surface area contributed by atoms with Gasteiger partial charge in [0.25, 0.3) is 0 Å². The van der Waals surface area contributed by atoms with Crippen LogP contribution in [0, 0.1) is 21.7 Å². The molecule has 0 bridgehead atoms. The lowest BCUT2D eigenvalue weighted by Gasteiger charge is -2.31. The summed E-state index contributed by atoms with van der Waals surface area (Å²) in [5, 5.41) is 15.0. The second-order valence-corrected chi connectivity index (χ2v) is 19.0. The van der Waals surface area contributed by atoms with Gasteiger partial charge in [-0.1, -0.05) is 119 Å². The minimum atomic E-state index is -0.282. The van der Waals surface area contributed by atoms with Gasteiger partial charge in [0.2, 0.25) is 0 Å². The third kappa shape index (κ3) is 4.60. The molecule has 0 radical (unpaired) electrons. The Kier molecular flexibility index (Phi) is 6.55. The van der Waals surface area contributed by atoms with E-state index in [1.807, 2.05) is 0 Å². The van der Waals surface area contributed by atoms with Crippen molar-refractivity contribution in [3.8, 4) is 0 Å². The topological polar surface area (TPSA) is 34.1 Å². The minimum absolute atomic E-state index is 0.159. The van der Waals surface area contributed by atoms with Crippen molar-refractivity contribution in [2.24, 2.45) is 21.7 Å². The largest absolute Gasteiger partial charge is 0.289 e. The van der Waals surface area contributed by atoms with Gasteiger partial charge in [0, 0.05) is 22.3 Å². The zero-order valence-corrected chi connectivity index (χ0v) is 31.7. The molecule has 0 saturated heterocycles. The van der Waals surface area contributed by atoms with E-state index in [-0.39, 0.29) is 33.2 Å². The van der Waals surface area contributed by atoms with E-state index in [0.29, 0.717) is 0 Å². The third-order valence-electron chi connectivity index (χ3n) is 11.2. The number of ketones is 2. The molecular formula is C48H48O2. The summed E-state index contributed by atoms with van der Waals surface area (Å²) in [6.45, 7) is 25.7. The first-order chi connectivity index (χ1) is 23.2. The Hall–Kier alpha value is -4.56. The molecule has 0 aromatic heterocycles. The van der Waals surface area contributed by atoms with Crippen molar-refractivity contribution in [1.29, 1.82) is 0 Å². The Morgan fingerprint density at radius 3 is 0.940 bits per heavy atom. The zero-order valence-electron chi connectivity index (χ0n) is 31.7.